The van der Waals surface area contributed by atoms with Crippen LogP contribution in [-0.2, 0) is 4.79 Å². The van der Waals surface area contributed by atoms with Crippen molar-refractivity contribution >= 4 is 17.3 Å². The summed E-state index contributed by atoms with van der Waals surface area (Å²) in [5, 5.41) is 3.48. The van der Waals surface area contributed by atoms with Crippen molar-refractivity contribution in [3.63, 3.8) is 0 Å². The maximum absolute atomic E-state index is 13.8. The maximum Gasteiger partial charge on any atom is 0.230 e. The number of carbonyl (C=O) groups excluding carboxylic acids is 1. The fraction of sp³-hybridized carbons (Fsp3) is 0.811. The second-order valence-corrected chi connectivity index (χ2v) is 17.8. The maximum atomic E-state index is 13.8. The quantitative estimate of drug-likeness (QED) is 0.407. The summed E-state index contributed by atoms with van der Waals surface area (Å²) in [6, 6.07) is 9.49. The number of anilines is 2. The first-order chi connectivity index (χ1) is 19.4. The Morgan fingerprint density at radius 3 is 1.20 bits per heavy atom. The number of hydrogen-bond donors (Lipinski definition) is 1. The number of nitrogens with one attached hydrogen (secondary N) is 1. The number of nitrogens with zero attached hydrogens (tertiary/aromatic N) is 1. The molecule has 214 valence electrons. The van der Waals surface area contributed by atoms with E-state index < -0.39 is 0 Å². The summed E-state index contributed by atoms with van der Waals surface area (Å²) < 4.78 is 0. The fourth-order valence-electron chi connectivity index (χ4n) is 15.1. The number of rotatable bonds is 5. The van der Waals surface area contributed by atoms with Crippen molar-refractivity contribution in [2.75, 3.05) is 10.2 Å². The SMILES string of the molecule is O=C(Nc1ccc(N(C23CC4CC(CC(C4)C2)C3)C23CC4CC(CC(C4)C2)C3)cc1)C12CC3CC(CC(C3)C1)C2. The van der Waals surface area contributed by atoms with Crippen LogP contribution in [0.2, 0.25) is 0 Å². The molecule has 0 atom stereocenters. The highest BCUT2D eigenvalue weighted by Gasteiger charge is 2.62. The van der Waals surface area contributed by atoms with Crippen molar-refractivity contribution in [2.45, 2.75) is 127 Å². The highest BCUT2D eigenvalue weighted by atomic mass is 16.2. The molecule has 0 aliphatic heterocycles. The Bertz CT molecular complexity index is 1060. The van der Waals surface area contributed by atoms with Gasteiger partial charge in [0.25, 0.3) is 0 Å². The Hall–Kier alpha value is -1.51. The van der Waals surface area contributed by atoms with Crippen molar-refractivity contribution in [2.24, 2.45) is 58.7 Å². The molecule has 1 aromatic rings. The first kappa shape index (κ1) is 24.0. The summed E-state index contributed by atoms with van der Waals surface area (Å²) >= 11 is 0. The van der Waals surface area contributed by atoms with E-state index in [9.17, 15) is 4.79 Å². The van der Waals surface area contributed by atoms with E-state index in [0.29, 0.717) is 17.0 Å². The third-order valence-corrected chi connectivity index (χ3v) is 14.9. The molecule has 1 amide bonds. The molecular formula is C37H50N2O. The van der Waals surface area contributed by atoms with Crippen molar-refractivity contribution < 1.29 is 4.79 Å². The number of carbonyl (C=O) groups is 1. The summed E-state index contributed by atoms with van der Waals surface area (Å²) in [6.45, 7) is 0. The van der Waals surface area contributed by atoms with Crippen LogP contribution in [-0.4, -0.2) is 17.0 Å². The lowest BCUT2D eigenvalue weighted by molar-refractivity contribution is -0.140. The van der Waals surface area contributed by atoms with Gasteiger partial charge in [0, 0.05) is 22.5 Å². The zero-order chi connectivity index (χ0) is 26.3. The van der Waals surface area contributed by atoms with Gasteiger partial charge in [-0.15, -0.1) is 0 Å². The van der Waals surface area contributed by atoms with Gasteiger partial charge in [-0.1, -0.05) is 0 Å². The monoisotopic (exact) mass is 538 g/mol. The lowest BCUT2D eigenvalue weighted by atomic mass is 9.48. The van der Waals surface area contributed by atoms with E-state index in [-0.39, 0.29) is 5.41 Å². The molecule has 0 aromatic heterocycles. The van der Waals surface area contributed by atoms with Gasteiger partial charge in [-0.3, -0.25) is 4.79 Å². The summed E-state index contributed by atoms with van der Waals surface area (Å²) in [5.74, 6) is 8.63. The Kier molecular flexibility index (Phi) is 4.86. The zero-order valence-corrected chi connectivity index (χ0v) is 24.6. The van der Waals surface area contributed by atoms with Gasteiger partial charge in [0.1, 0.15) is 0 Å². The second-order valence-electron chi connectivity index (χ2n) is 17.8. The molecule has 13 rings (SSSR count). The minimum absolute atomic E-state index is 0.0716. The van der Waals surface area contributed by atoms with Crippen LogP contribution < -0.4 is 10.2 Å². The van der Waals surface area contributed by atoms with E-state index in [1.54, 1.807) is 0 Å². The average Bonchev–Trinajstić information content (AvgIpc) is 2.87. The van der Waals surface area contributed by atoms with Crippen LogP contribution in [0.1, 0.15) is 116 Å². The van der Waals surface area contributed by atoms with Gasteiger partial charge >= 0.3 is 0 Å². The van der Waals surface area contributed by atoms with Crippen LogP contribution in [0.3, 0.4) is 0 Å². The topological polar surface area (TPSA) is 32.3 Å². The smallest absolute Gasteiger partial charge is 0.230 e. The minimum Gasteiger partial charge on any atom is -0.360 e. The van der Waals surface area contributed by atoms with Gasteiger partial charge in [-0.05, 0) is 193 Å². The van der Waals surface area contributed by atoms with E-state index in [1.807, 2.05) is 0 Å². The lowest BCUT2D eigenvalue weighted by Gasteiger charge is -2.69. The predicted molar refractivity (Wildman–Crippen MR) is 160 cm³/mol. The molecule has 12 saturated carbocycles. The van der Waals surface area contributed by atoms with Crippen LogP contribution >= 0.6 is 0 Å². The van der Waals surface area contributed by atoms with E-state index in [0.717, 1.165) is 78.2 Å². The molecular weight excluding hydrogens is 488 g/mol. The molecule has 12 aliphatic rings. The Balaban J connectivity index is 0.979. The van der Waals surface area contributed by atoms with Crippen LogP contribution in [0.5, 0.6) is 0 Å². The number of benzene rings is 1. The standard InChI is InChI=1S/C37H50N2O/c40-34(35-14-23-5-24(15-35)7-25(6-23)16-35)38-32-1-3-33(4-2-32)39(36-17-26-8-27(18-36)10-28(9-26)19-36)37-20-29-11-30(21-37)13-31(12-29)22-37/h1-4,23-31H,5-22H2,(H,38,40). The molecule has 0 saturated heterocycles. The molecule has 40 heavy (non-hydrogen) atoms. The summed E-state index contributed by atoms with van der Waals surface area (Å²) in [6.07, 6.45) is 25.4. The third-order valence-electron chi connectivity index (χ3n) is 14.9. The van der Waals surface area contributed by atoms with Crippen molar-refractivity contribution in [1.82, 2.24) is 0 Å². The van der Waals surface area contributed by atoms with Crippen LogP contribution in [0.15, 0.2) is 24.3 Å². The van der Waals surface area contributed by atoms with Gasteiger partial charge in [-0.2, -0.15) is 0 Å². The molecule has 12 aliphatic carbocycles. The normalized spacial score (nSPS) is 52.4. The molecule has 0 radical (unpaired) electrons. The largest absolute Gasteiger partial charge is 0.360 e. The lowest BCUT2D eigenvalue weighted by Crippen LogP contribution is -2.70. The van der Waals surface area contributed by atoms with Crippen molar-refractivity contribution in [3.8, 4) is 0 Å². The first-order valence-corrected chi connectivity index (χ1v) is 17.7. The predicted octanol–water partition coefficient (Wildman–Crippen LogP) is 8.59. The molecule has 0 spiro atoms. The molecule has 3 nitrogen and oxygen atoms in total. The van der Waals surface area contributed by atoms with E-state index in [4.69, 9.17) is 0 Å². The van der Waals surface area contributed by atoms with Gasteiger partial charge in [0.2, 0.25) is 5.91 Å². The van der Waals surface area contributed by atoms with Crippen LogP contribution in [0.4, 0.5) is 11.4 Å². The Labute approximate surface area is 241 Å². The molecule has 0 unspecified atom stereocenters. The number of amides is 1. The van der Waals surface area contributed by atoms with Crippen molar-refractivity contribution in [3.05, 3.63) is 24.3 Å². The second kappa shape index (κ2) is 8.10. The van der Waals surface area contributed by atoms with Gasteiger partial charge in [0.15, 0.2) is 0 Å². The molecule has 0 heterocycles. The van der Waals surface area contributed by atoms with E-state index in [2.05, 4.69) is 34.5 Å². The molecule has 3 heteroatoms. The zero-order valence-electron chi connectivity index (χ0n) is 24.6. The van der Waals surface area contributed by atoms with Crippen LogP contribution in [0.25, 0.3) is 0 Å². The average molecular weight is 539 g/mol. The molecule has 1 N–H and O–H groups in total. The fourth-order valence-corrected chi connectivity index (χ4v) is 15.1. The van der Waals surface area contributed by atoms with Gasteiger partial charge in [0.05, 0.1) is 5.41 Å². The van der Waals surface area contributed by atoms with E-state index >= 15 is 0 Å². The number of hydrogen-bond acceptors (Lipinski definition) is 2. The highest BCUT2D eigenvalue weighted by Crippen LogP contribution is 2.65. The molecule has 12 fully saturated rings. The van der Waals surface area contributed by atoms with Crippen molar-refractivity contribution in [1.29, 1.82) is 0 Å². The van der Waals surface area contributed by atoms with Gasteiger partial charge in [-0.25, -0.2) is 0 Å². The Morgan fingerprint density at radius 2 is 0.850 bits per heavy atom. The first-order valence-electron chi connectivity index (χ1n) is 17.7. The van der Waals surface area contributed by atoms with E-state index in [1.165, 1.54) is 102 Å². The summed E-state index contributed by atoms with van der Waals surface area (Å²) in [5.41, 5.74) is 3.25. The highest BCUT2D eigenvalue weighted by molar-refractivity contribution is 5.95. The summed E-state index contributed by atoms with van der Waals surface area (Å²) in [4.78, 5) is 17.0. The minimum atomic E-state index is -0.0716. The van der Waals surface area contributed by atoms with Crippen LogP contribution in [0, 0.1) is 58.7 Å². The van der Waals surface area contributed by atoms with Gasteiger partial charge < -0.3 is 10.2 Å². The molecule has 1 aromatic carbocycles. The summed E-state index contributed by atoms with van der Waals surface area (Å²) in [7, 11) is 0. The Morgan fingerprint density at radius 1 is 0.525 bits per heavy atom. The third kappa shape index (κ3) is 3.45. The molecule has 12 bridgehead atoms.